The number of carbonyl (C=O) groups excluding carboxylic acids is 1. The Morgan fingerprint density at radius 1 is 1.32 bits per heavy atom. The van der Waals surface area contributed by atoms with Crippen LogP contribution in [0.5, 0.6) is 11.5 Å². The predicted octanol–water partition coefficient (Wildman–Crippen LogP) is 2.92. The second-order valence-corrected chi connectivity index (χ2v) is 4.68. The molecule has 0 fully saturated rings. The van der Waals surface area contributed by atoms with Gasteiger partial charge >= 0.3 is 0 Å². The van der Waals surface area contributed by atoms with Crippen molar-refractivity contribution in [3.05, 3.63) is 29.3 Å². The lowest BCUT2D eigenvalue weighted by atomic mass is 10.1. The normalized spacial score (nSPS) is 10.7. The molecule has 1 aromatic carbocycles. The smallest absolute Gasteiger partial charge is 0.261 e. The number of amides is 1. The minimum Gasteiger partial charge on any atom is -0.493 e. The van der Waals surface area contributed by atoms with Gasteiger partial charge in [-0.05, 0) is 36.6 Å². The fourth-order valence-electron chi connectivity index (χ4n) is 1.75. The molecule has 0 heterocycles. The van der Waals surface area contributed by atoms with Crippen LogP contribution >= 0.6 is 0 Å². The molecule has 1 aromatic rings. The van der Waals surface area contributed by atoms with Gasteiger partial charge in [-0.3, -0.25) is 4.79 Å². The average molecular weight is 302 g/mol. The summed E-state index contributed by atoms with van der Waals surface area (Å²) in [7, 11) is 1.56. The summed E-state index contributed by atoms with van der Waals surface area (Å²) >= 11 is 0. The quantitative estimate of drug-likeness (QED) is 0.592. The number of nitrogens with one attached hydrogen (secondary N) is 1. The summed E-state index contributed by atoms with van der Waals surface area (Å²) in [5, 5.41) is 11.8. The number of nitrogens with zero attached hydrogens (tertiary/aromatic N) is 1. The van der Waals surface area contributed by atoms with Crippen molar-refractivity contribution in [1.82, 2.24) is 5.32 Å². The standard InChI is InChI=1S/C17H22N2O3/c1-4-8-19-17(20)14(12-18)10-13-6-7-15(22-9-5-2)16(11-13)21-3/h6-7,10-11H,4-5,8-9H2,1-3H3,(H,19,20)/b14-10+. The van der Waals surface area contributed by atoms with Gasteiger partial charge in [0.1, 0.15) is 11.6 Å². The van der Waals surface area contributed by atoms with E-state index in [1.807, 2.05) is 19.9 Å². The van der Waals surface area contributed by atoms with Crippen molar-refractivity contribution in [1.29, 1.82) is 5.26 Å². The molecule has 0 aliphatic carbocycles. The van der Waals surface area contributed by atoms with Gasteiger partial charge in [0.05, 0.1) is 13.7 Å². The number of benzene rings is 1. The lowest BCUT2D eigenvalue weighted by molar-refractivity contribution is -0.117. The highest BCUT2D eigenvalue weighted by Crippen LogP contribution is 2.29. The average Bonchev–Trinajstić information content (AvgIpc) is 2.55. The maximum absolute atomic E-state index is 11.8. The Hall–Kier alpha value is -2.48. The monoisotopic (exact) mass is 302 g/mol. The Kier molecular flexibility index (Phi) is 7.55. The third-order valence-corrected chi connectivity index (χ3v) is 2.86. The minimum atomic E-state index is -0.366. The van der Waals surface area contributed by atoms with E-state index in [9.17, 15) is 4.79 Å². The van der Waals surface area contributed by atoms with Crippen LogP contribution in [-0.2, 0) is 4.79 Å². The van der Waals surface area contributed by atoms with Gasteiger partial charge in [-0.15, -0.1) is 0 Å². The molecule has 0 saturated carbocycles. The van der Waals surface area contributed by atoms with Crippen LogP contribution in [0, 0.1) is 11.3 Å². The fraction of sp³-hybridized carbons (Fsp3) is 0.412. The lowest BCUT2D eigenvalue weighted by Crippen LogP contribution is -2.25. The first-order chi connectivity index (χ1) is 10.7. The third-order valence-electron chi connectivity index (χ3n) is 2.86. The Balaban J connectivity index is 2.98. The number of hydrogen-bond acceptors (Lipinski definition) is 4. The van der Waals surface area contributed by atoms with Crippen LogP contribution in [0.4, 0.5) is 0 Å². The van der Waals surface area contributed by atoms with Crippen molar-refractivity contribution in [3.8, 4) is 17.6 Å². The van der Waals surface area contributed by atoms with Crippen molar-refractivity contribution in [2.75, 3.05) is 20.3 Å². The highest BCUT2D eigenvalue weighted by molar-refractivity contribution is 6.01. The second-order valence-electron chi connectivity index (χ2n) is 4.68. The maximum Gasteiger partial charge on any atom is 0.261 e. The molecular weight excluding hydrogens is 280 g/mol. The molecule has 0 aliphatic rings. The first-order valence-electron chi connectivity index (χ1n) is 7.37. The van der Waals surface area contributed by atoms with Crippen LogP contribution in [0.25, 0.3) is 6.08 Å². The molecule has 1 amide bonds. The summed E-state index contributed by atoms with van der Waals surface area (Å²) in [4.78, 5) is 11.8. The largest absolute Gasteiger partial charge is 0.493 e. The molecule has 22 heavy (non-hydrogen) atoms. The van der Waals surface area contributed by atoms with Gasteiger partial charge in [0.25, 0.3) is 5.91 Å². The van der Waals surface area contributed by atoms with Gasteiger partial charge < -0.3 is 14.8 Å². The first-order valence-corrected chi connectivity index (χ1v) is 7.37. The highest BCUT2D eigenvalue weighted by atomic mass is 16.5. The predicted molar refractivity (Wildman–Crippen MR) is 85.7 cm³/mol. The van der Waals surface area contributed by atoms with E-state index in [4.69, 9.17) is 14.7 Å². The molecule has 0 unspecified atom stereocenters. The zero-order valence-electron chi connectivity index (χ0n) is 13.3. The molecule has 1 N–H and O–H groups in total. The van der Waals surface area contributed by atoms with Gasteiger partial charge in [-0.25, -0.2) is 0 Å². The zero-order valence-corrected chi connectivity index (χ0v) is 13.3. The first kappa shape index (κ1) is 17.6. The molecule has 0 saturated heterocycles. The summed E-state index contributed by atoms with van der Waals surface area (Å²) in [5.41, 5.74) is 0.779. The van der Waals surface area contributed by atoms with Crippen molar-refractivity contribution in [2.24, 2.45) is 0 Å². The summed E-state index contributed by atoms with van der Waals surface area (Å²) in [6.45, 7) is 5.13. The number of ether oxygens (including phenoxy) is 2. The molecule has 1 rings (SSSR count). The van der Waals surface area contributed by atoms with Crippen molar-refractivity contribution in [3.63, 3.8) is 0 Å². The molecule has 0 bridgehead atoms. The Morgan fingerprint density at radius 3 is 2.68 bits per heavy atom. The Labute approximate surface area is 131 Å². The van der Waals surface area contributed by atoms with Gasteiger partial charge in [0.2, 0.25) is 0 Å². The molecule has 0 atom stereocenters. The van der Waals surface area contributed by atoms with E-state index in [1.54, 1.807) is 25.3 Å². The molecule has 0 spiro atoms. The summed E-state index contributed by atoms with van der Waals surface area (Å²) in [6.07, 6.45) is 3.26. The van der Waals surface area contributed by atoms with E-state index in [2.05, 4.69) is 5.32 Å². The van der Waals surface area contributed by atoms with Crippen LogP contribution in [-0.4, -0.2) is 26.2 Å². The van der Waals surface area contributed by atoms with Crippen LogP contribution < -0.4 is 14.8 Å². The van der Waals surface area contributed by atoms with E-state index in [0.717, 1.165) is 12.8 Å². The number of nitriles is 1. The van der Waals surface area contributed by atoms with Crippen LogP contribution in [0.1, 0.15) is 32.3 Å². The maximum atomic E-state index is 11.8. The van der Waals surface area contributed by atoms with E-state index in [-0.39, 0.29) is 11.5 Å². The number of hydrogen-bond donors (Lipinski definition) is 1. The van der Waals surface area contributed by atoms with Crippen LogP contribution in [0.15, 0.2) is 23.8 Å². The molecule has 118 valence electrons. The number of methoxy groups -OCH3 is 1. The molecule has 5 nitrogen and oxygen atoms in total. The topological polar surface area (TPSA) is 71.4 Å². The second kappa shape index (κ2) is 9.46. The Bertz CT molecular complexity index is 574. The van der Waals surface area contributed by atoms with Crippen LogP contribution in [0.2, 0.25) is 0 Å². The minimum absolute atomic E-state index is 0.0673. The molecule has 5 heteroatoms. The van der Waals surface area contributed by atoms with Gasteiger partial charge in [-0.1, -0.05) is 19.9 Å². The van der Waals surface area contributed by atoms with E-state index >= 15 is 0 Å². The van der Waals surface area contributed by atoms with Gasteiger partial charge in [0.15, 0.2) is 11.5 Å². The summed E-state index contributed by atoms with van der Waals surface area (Å²) in [5.74, 6) is 0.860. The highest BCUT2D eigenvalue weighted by Gasteiger charge is 2.10. The summed E-state index contributed by atoms with van der Waals surface area (Å²) in [6, 6.07) is 7.23. The molecule has 0 aliphatic heterocycles. The van der Waals surface area contributed by atoms with Crippen molar-refractivity contribution in [2.45, 2.75) is 26.7 Å². The third kappa shape index (κ3) is 5.13. The molecule has 0 aromatic heterocycles. The molecule has 0 radical (unpaired) electrons. The van der Waals surface area contributed by atoms with E-state index in [0.29, 0.717) is 30.2 Å². The number of rotatable bonds is 8. The van der Waals surface area contributed by atoms with Gasteiger partial charge in [0, 0.05) is 6.54 Å². The van der Waals surface area contributed by atoms with E-state index < -0.39 is 0 Å². The lowest BCUT2D eigenvalue weighted by Gasteiger charge is -2.10. The van der Waals surface area contributed by atoms with Crippen molar-refractivity contribution >= 4 is 12.0 Å². The summed E-state index contributed by atoms with van der Waals surface area (Å²) < 4.78 is 10.9. The van der Waals surface area contributed by atoms with E-state index in [1.165, 1.54) is 6.08 Å². The van der Waals surface area contributed by atoms with Crippen molar-refractivity contribution < 1.29 is 14.3 Å². The molecular formula is C17H22N2O3. The number of carbonyl (C=O) groups is 1. The zero-order chi connectivity index (χ0) is 16.4. The Morgan fingerprint density at radius 2 is 2.09 bits per heavy atom. The van der Waals surface area contributed by atoms with Crippen LogP contribution in [0.3, 0.4) is 0 Å². The fourth-order valence-corrected chi connectivity index (χ4v) is 1.75. The van der Waals surface area contributed by atoms with Gasteiger partial charge in [-0.2, -0.15) is 5.26 Å². The SMILES string of the molecule is CCCNC(=O)/C(C#N)=C/c1ccc(OCCC)c(OC)c1.